The first-order chi connectivity index (χ1) is 18.4. The molecule has 0 aromatic heterocycles. The first-order valence-corrected chi connectivity index (χ1v) is 14.2. The monoisotopic (exact) mass is 520 g/mol. The predicted octanol–water partition coefficient (Wildman–Crippen LogP) is 6.38. The highest BCUT2D eigenvalue weighted by atomic mass is 19.1. The molecule has 0 unspecified atom stereocenters. The van der Waals surface area contributed by atoms with Crippen LogP contribution in [0.4, 0.5) is 4.39 Å². The molecule has 0 amide bonds. The molecule has 6 rings (SSSR count). The highest BCUT2D eigenvalue weighted by molar-refractivity contribution is 5.89. The molecule has 2 aliphatic heterocycles. The van der Waals surface area contributed by atoms with Crippen LogP contribution in [0.1, 0.15) is 75.3 Å². The van der Waals surface area contributed by atoms with E-state index in [1.807, 2.05) is 12.1 Å². The Bertz CT molecular complexity index is 1210. The summed E-state index contributed by atoms with van der Waals surface area (Å²) in [5, 5.41) is 13.8. The molecule has 3 fully saturated rings. The predicted molar refractivity (Wildman–Crippen MR) is 144 cm³/mol. The minimum Gasteiger partial charge on any atom is -0.493 e. The largest absolute Gasteiger partial charge is 0.493 e. The summed E-state index contributed by atoms with van der Waals surface area (Å²) in [6.45, 7) is 5.27. The van der Waals surface area contributed by atoms with Crippen LogP contribution in [-0.4, -0.2) is 47.0 Å². The average molecular weight is 521 g/mol. The third-order valence-corrected chi connectivity index (χ3v) is 8.64. The summed E-state index contributed by atoms with van der Waals surface area (Å²) in [5.74, 6) is 0.689. The standard InChI is InChI=1S/C31H37FN2O4/c1-2-13-37-28-15-20(14-26(21-3-4-21)29(28)23-9-11-25(32)12-10-23)17-34-18-31(19-34)16-27(33-38-31)22-5-7-24(8-6-22)30(35)36/h9-12,14-15,21-22,24H,2-8,13,16-19H2,1H3,(H,35,36)/t22-,24-. The Morgan fingerprint density at radius 2 is 1.82 bits per heavy atom. The fourth-order valence-electron chi connectivity index (χ4n) is 6.51. The molecule has 0 atom stereocenters. The van der Waals surface area contributed by atoms with E-state index in [0.717, 1.165) is 80.7 Å². The highest BCUT2D eigenvalue weighted by Gasteiger charge is 2.51. The third-order valence-electron chi connectivity index (χ3n) is 8.64. The van der Waals surface area contributed by atoms with E-state index in [9.17, 15) is 14.3 Å². The number of carboxylic acids is 1. The molecule has 0 bridgehead atoms. The van der Waals surface area contributed by atoms with Gasteiger partial charge in [0.2, 0.25) is 0 Å². The summed E-state index contributed by atoms with van der Waals surface area (Å²) in [6, 6.07) is 11.3. The Labute approximate surface area is 223 Å². The molecular weight excluding hydrogens is 483 g/mol. The summed E-state index contributed by atoms with van der Waals surface area (Å²) in [4.78, 5) is 19.7. The van der Waals surface area contributed by atoms with Gasteiger partial charge in [-0.25, -0.2) is 4.39 Å². The zero-order valence-corrected chi connectivity index (χ0v) is 22.1. The van der Waals surface area contributed by atoms with Crippen molar-refractivity contribution in [3.05, 3.63) is 53.3 Å². The van der Waals surface area contributed by atoms with E-state index in [1.165, 1.54) is 36.1 Å². The molecule has 1 spiro atoms. The van der Waals surface area contributed by atoms with Crippen LogP contribution >= 0.6 is 0 Å². The molecule has 0 radical (unpaired) electrons. The van der Waals surface area contributed by atoms with Crippen LogP contribution in [0.3, 0.4) is 0 Å². The quantitative estimate of drug-likeness (QED) is 0.415. The van der Waals surface area contributed by atoms with Crippen molar-refractivity contribution in [3.63, 3.8) is 0 Å². The van der Waals surface area contributed by atoms with E-state index in [1.54, 1.807) is 0 Å². The molecule has 4 aliphatic rings. The van der Waals surface area contributed by atoms with Gasteiger partial charge in [-0.05, 0) is 85.8 Å². The summed E-state index contributed by atoms with van der Waals surface area (Å²) < 4.78 is 19.9. The molecule has 2 heterocycles. The minimum absolute atomic E-state index is 0.205. The number of likely N-dealkylation sites (tertiary alicyclic amines) is 1. The van der Waals surface area contributed by atoms with Gasteiger partial charge in [-0.15, -0.1) is 0 Å². The molecule has 1 N–H and O–H groups in total. The van der Waals surface area contributed by atoms with Gasteiger partial charge in [0, 0.05) is 37.5 Å². The van der Waals surface area contributed by atoms with Crippen molar-refractivity contribution in [2.75, 3.05) is 19.7 Å². The van der Waals surface area contributed by atoms with Crippen LogP contribution in [-0.2, 0) is 16.2 Å². The molecule has 202 valence electrons. The summed E-state index contributed by atoms with van der Waals surface area (Å²) >= 11 is 0. The van der Waals surface area contributed by atoms with Crippen molar-refractivity contribution in [3.8, 4) is 16.9 Å². The number of rotatable bonds is 9. The fourth-order valence-corrected chi connectivity index (χ4v) is 6.51. The number of hydrogen-bond donors (Lipinski definition) is 1. The van der Waals surface area contributed by atoms with E-state index in [0.29, 0.717) is 18.4 Å². The molecule has 2 aromatic carbocycles. The van der Waals surface area contributed by atoms with Crippen LogP contribution in [0.15, 0.2) is 41.6 Å². The normalized spacial score (nSPS) is 24.5. The molecule has 1 saturated heterocycles. The number of hydrogen-bond acceptors (Lipinski definition) is 5. The van der Waals surface area contributed by atoms with Crippen molar-refractivity contribution in [2.24, 2.45) is 17.0 Å². The van der Waals surface area contributed by atoms with E-state index < -0.39 is 5.97 Å². The van der Waals surface area contributed by atoms with E-state index in [-0.39, 0.29) is 17.3 Å². The average Bonchev–Trinajstić information content (AvgIpc) is 3.66. The second-order valence-electron chi connectivity index (χ2n) is 11.8. The highest BCUT2D eigenvalue weighted by Crippen LogP contribution is 2.49. The third kappa shape index (κ3) is 5.18. The van der Waals surface area contributed by atoms with Gasteiger partial charge in [0.15, 0.2) is 5.60 Å². The number of carboxylic acid groups (broad SMARTS) is 1. The van der Waals surface area contributed by atoms with Gasteiger partial charge >= 0.3 is 5.97 Å². The lowest BCUT2D eigenvalue weighted by Gasteiger charge is -2.45. The maximum absolute atomic E-state index is 13.7. The van der Waals surface area contributed by atoms with Crippen molar-refractivity contribution in [1.29, 1.82) is 0 Å². The fraction of sp³-hybridized carbons (Fsp3) is 0.548. The van der Waals surface area contributed by atoms with Crippen LogP contribution < -0.4 is 4.74 Å². The topological polar surface area (TPSA) is 71.4 Å². The number of halogens is 1. The molecule has 2 aliphatic carbocycles. The minimum atomic E-state index is -0.669. The first-order valence-electron chi connectivity index (χ1n) is 14.2. The Balaban J connectivity index is 1.13. The van der Waals surface area contributed by atoms with Crippen molar-refractivity contribution >= 4 is 11.7 Å². The number of benzene rings is 2. The van der Waals surface area contributed by atoms with E-state index in [2.05, 4.69) is 29.1 Å². The molecule has 6 nitrogen and oxygen atoms in total. The second-order valence-corrected chi connectivity index (χ2v) is 11.8. The van der Waals surface area contributed by atoms with Crippen LogP contribution in [0.25, 0.3) is 11.1 Å². The zero-order chi connectivity index (χ0) is 26.3. The van der Waals surface area contributed by atoms with Gasteiger partial charge in [0.05, 0.1) is 18.2 Å². The van der Waals surface area contributed by atoms with Crippen molar-refractivity contribution in [2.45, 2.75) is 76.4 Å². The first kappa shape index (κ1) is 25.4. The van der Waals surface area contributed by atoms with Crippen molar-refractivity contribution in [1.82, 2.24) is 4.90 Å². The number of ether oxygens (including phenoxy) is 1. The summed E-state index contributed by atoms with van der Waals surface area (Å²) in [6.07, 6.45) is 7.40. The molecule has 2 saturated carbocycles. The Hall–Kier alpha value is -2.93. The smallest absolute Gasteiger partial charge is 0.306 e. The van der Waals surface area contributed by atoms with Gasteiger partial charge in [0.1, 0.15) is 11.6 Å². The lowest BCUT2D eigenvalue weighted by Crippen LogP contribution is -2.61. The Kier molecular flexibility index (Phi) is 6.89. The Morgan fingerprint density at radius 1 is 1.11 bits per heavy atom. The lowest BCUT2D eigenvalue weighted by atomic mass is 9.76. The zero-order valence-electron chi connectivity index (χ0n) is 22.1. The van der Waals surface area contributed by atoms with Crippen LogP contribution in [0, 0.1) is 17.7 Å². The van der Waals surface area contributed by atoms with Crippen molar-refractivity contribution < 1.29 is 23.9 Å². The van der Waals surface area contributed by atoms with Gasteiger partial charge in [-0.3, -0.25) is 9.69 Å². The van der Waals surface area contributed by atoms with Crippen LogP contribution in [0.2, 0.25) is 0 Å². The second kappa shape index (κ2) is 10.3. The maximum Gasteiger partial charge on any atom is 0.306 e. The SMILES string of the molecule is CCCOc1cc(CN2CC3(CC([C@H]4CC[C@H](C(=O)O)CC4)=NO3)C2)cc(C2CC2)c1-c1ccc(F)cc1. The molecule has 38 heavy (non-hydrogen) atoms. The number of oxime groups is 1. The number of carbonyl (C=O) groups is 1. The number of aliphatic carboxylic acids is 1. The maximum atomic E-state index is 13.7. The van der Waals surface area contributed by atoms with Gasteiger partial charge in [-0.1, -0.05) is 30.3 Å². The lowest BCUT2D eigenvalue weighted by molar-refractivity contribution is -0.142. The Morgan fingerprint density at radius 3 is 2.47 bits per heavy atom. The van der Waals surface area contributed by atoms with Crippen LogP contribution in [0.5, 0.6) is 5.75 Å². The number of nitrogens with zero attached hydrogens (tertiary/aromatic N) is 2. The molecular formula is C31H37FN2O4. The summed E-state index contributed by atoms with van der Waals surface area (Å²) in [7, 11) is 0. The summed E-state index contributed by atoms with van der Waals surface area (Å²) in [5.41, 5.74) is 5.58. The van der Waals surface area contributed by atoms with Gasteiger partial charge in [0.25, 0.3) is 0 Å². The van der Waals surface area contributed by atoms with E-state index in [4.69, 9.17) is 9.57 Å². The molecule has 2 aromatic rings. The van der Waals surface area contributed by atoms with E-state index >= 15 is 0 Å². The van der Waals surface area contributed by atoms with Gasteiger partial charge in [-0.2, -0.15) is 0 Å². The van der Waals surface area contributed by atoms with Gasteiger partial charge < -0.3 is 14.7 Å². The molecule has 7 heteroatoms.